The number of ether oxygens (including phenoxy) is 1. The molecule has 0 aliphatic carbocycles. The van der Waals surface area contributed by atoms with Crippen molar-refractivity contribution in [2.75, 3.05) is 6.61 Å². The number of esters is 1. The summed E-state index contributed by atoms with van der Waals surface area (Å²) < 4.78 is 4.87. The molecule has 0 N–H and O–H groups in total. The molecule has 0 unspecified atom stereocenters. The van der Waals surface area contributed by atoms with Crippen LogP contribution >= 0.6 is 0 Å². The van der Waals surface area contributed by atoms with Gasteiger partial charge in [-0.1, -0.05) is 42.5 Å². The summed E-state index contributed by atoms with van der Waals surface area (Å²) in [6.07, 6.45) is 21.3. The lowest BCUT2D eigenvalue weighted by Crippen LogP contribution is -2.02. The fourth-order valence-electron chi connectivity index (χ4n) is 1.62. The molecule has 0 heterocycles. The van der Waals surface area contributed by atoms with E-state index in [2.05, 4.69) is 43.0 Å². The van der Waals surface area contributed by atoms with E-state index in [4.69, 9.17) is 4.74 Å². The smallest absolute Gasteiger partial charge is 0.305 e. The molecule has 2 nitrogen and oxygen atoms in total. The van der Waals surface area contributed by atoms with Crippen LogP contribution in [-0.2, 0) is 9.53 Å². The molecule has 0 saturated heterocycles. The fraction of sp³-hybridized carbons (Fsp3) is 0.500. The van der Waals surface area contributed by atoms with Crippen LogP contribution < -0.4 is 0 Å². The average Bonchev–Trinajstić information content (AvgIpc) is 2.44. The number of rotatable bonds is 12. The largest absolute Gasteiger partial charge is 0.466 e. The lowest BCUT2D eigenvalue weighted by Gasteiger charge is -1.99. The molecule has 0 rings (SSSR count). The van der Waals surface area contributed by atoms with Crippen LogP contribution in [0.2, 0.25) is 0 Å². The van der Waals surface area contributed by atoms with E-state index in [0.717, 1.165) is 38.5 Å². The first-order valence-electron chi connectivity index (χ1n) is 7.52. The zero-order valence-electron chi connectivity index (χ0n) is 12.7. The lowest BCUT2D eigenvalue weighted by atomic mass is 10.2. The lowest BCUT2D eigenvalue weighted by molar-refractivity contribution is -0.143. The normalized spacial score (nSPS) is 11.7. The van der Waals surface area contributed by atoms with Crippen molar-refractivity contribution >= 4 is 5.97 Å². The maximum Gasteiger partial charge on any atom is 0.305 e. The van der Waals surface area contributed by atoms with Crippen LogP contribution in [0.5, 0.6) is 0 Å². The second-order valence-electron chi connectivity index (χ2n) is 4.46. The van der Waals surface area contributed by atoms with Crippen molar-refractivity contribution in [1.29, 1.82) is 0 Å². The maximum atomic E-state index is 11.1. The van der Waals surface area contributed by atoms with E-state index in [0.29, 0.717) is 13.0 Å². The predicted octanol–water partition coefficient (Wildman–Crippen LogP) is 5.13. The van der Waals surface area contributed by atoms with E-state index < -0.39 is 0 Å². The Balaban J connectivity index is 3.37. The first kappa shape index (κ1) is 18.4. The summed E-state index contributed by atoms with van der Waals surface area (Å²) >= 11 is 0. The molecule has 0 atom stereocenters. The number of unbranched alkanes of at least 4 members (excludes halogenated alkanes) is 2. The van der Waals surface area contributed by atoms with Crippen LogP contribution in [0.25, 0.3) is 0 Å². The standard InChI is InChI=1S/C18H28O2/c1-3-5-6-7-8-9-10-11-12-13-14-15-16-17-18(19)20-4-2/h3,6-7,9-10,12-13H,1,4-5,8,11,14-17H2,2H3/b7-6+,10-9+,13-12+. The highest BCUT2D eigenvalue weighted by Crippen LogP contribution is 2.03. The average molecular weight is 276 g/mol. The number of hydrogen-bond donors (Lipinski definition) is 0. The second kappa shape index (κ2) is 15.5. The van der Waals surface area contributed by atoms with E-state index in [-0.39, 0.29) is 5.97 Å². The van der Waals surface area contributed by atoms with E-state index in [1.807, 2.05) is 13.0 Å². The van der Waals surface area contributed by atoms with Crippen molar-refractivity contribution in [3.63, 3.8) is 0 Å². The molecule has 0 radical (unpaired) electrons. The summed E-state index contributed by atoms with van der Waals surface area (Å²) in [6, 6.07) is 0. The van der Waals surface area contributed by atoms with Gasteiger partial charge in [-0.05, 0) is 45.4 Å². The first-order valence-corrected chi connectivity index (χ1v) is 7.52. The Morgan fingerprint density at radius 2 is 1.55 bits per heavy atom. The van der Waals surface area contributed by atoms with Gasteiger partial charge in [-0.15, -0.1) is 6.58 Å². The Bertz CT molecular complexity index is 324. The Labute approximate surface area is 123 Å². The second-order valence-corrected chi connectivity index (χ2v) is 4.46. The third-order valence-electron chi connectivity index (χ3n) is 2.65. The number of carbonyl (C=O) groups is 1. The molecule has 0 saturated carbocycles. The zero-order chi connectivity index (χ0) is 14.9. The topological polar surface area (TPSA) is 26.3 Å². The van der Waals surface area contributed by atoms with Gasteiger partial charge in [0.2, 0.25) is 0 Å². The molecule has 0 bridgehead atoms. The number of allylic oxidation sites excluding steroid dienone is 7. The number of carbonyl (C=O) groups excluding carboxylic acids is 1. The van der Waals surface area contributed by atoms with Gasteiger partial charge in [0.25, 0.3) is 0 Å². The molecule has 0 aromatic heterocycles. The van der Waals surface area contributed by atoms with Crippen LogP contribution in [0.1, 0.15) is 51.9 Å². The summed E-state index contributed by atoms with van der Waals surface area (Å²) in [5, 5.41) is 0. The monoisotopic (exact) mass is 276 g/mol. The van der Waals surface area contributed by atoms with Gasteiger partial charge < -0.3 is 4.74 Å². The summed E-state index contributed by atoms with van der Waals surface area (Å²) in [5.41, 5.74) is 0. The summed E-state index contributed by atoms with van der Waals surface area (Å²) in [7, 11) is 0. The maximum absolute atomic E-state index is 11.1. The van der Waals surface area contributed by atoms with Gasteiger partial charge in [-0.25, -0.2) is 0 Å². The molecule has 0 spiro atoms. The Hall–Kier alpha value is -1.57. The Morgan fingerprint density at radius 3 is 2.15 bits per heavy atom. The minimum atomic E-state index is -0.0797. The molecular weight excluding hydrogens is 248 g/mol. The third-order valence-corrected chi connectivity index (χ3v) is 2.65. The predicted molar refractivity (Wildman–Crippen MR) is 86.6 cm³/mol. The van der Waals surface area contributed by atoms with Crippen molar-refractivity contribution in [3.05, 3.63) is 49.1 Å². The molecule has 0 aromatic carbocycles. The van der Waals surface area contributed by atoms with Crippen LogP contribution in [0.4, 0.5) is 0 Å². The summed E-state index contributed by atoms with van der Waals surface area (Å²) in [4.78, 5) is 11.1. The summed E-state index contributed by atoms with van der Waals surface area (Å²) in [6.45, 7) is 5.98. The highest BCUT2D eigenvalue weighted by atomic mass is 16.5. The van der Waals surface area contributed by atoms with E-state index >= 15 is 0 Å². The van der Waals surface area contributed by atoms with Crippen molar-refractivity contribution in [2.24, 2.45) is 0 Å². The fourth-order valence-corrected chi connectivity index (χ4v) is 1.62. The van der Waals surface area contributed by atoms with E-state index in [1.165, 1.54) is 0 Å². The molecule has 0 fully saturated rings. The first-order chi connectivity index (χ1) is 9.81. The highest BCUT2D eigenvalue weighted by molar-refractivity contribution is 5.69. The molecule has 20 heavy (non-hydrogen) atoms. The molecule has 112 valence electrons. The van der Waals surface area contributed by atoms with Gasteiger partial charge in [0.05, 0.1) is 6.61 Å². The van der Waals surface area contributed by atoms with Crippen LogP contribution in [0.15, 0.2) is 49.1 Å². The van der Waals surface area contributed by atoms with Crippen molar-refractivity contribution in [1.82, 2.24) is 0 Å². The van der Waals surface area contributed by atoms with Gasteiger partial charge in [0, 0.05) is 6.42 Å². The van der Waals surface area contributed by atoms with Gasteiger partial charge in [-0.2, -0.15) is 0 Å². The quantitative estimate of drug-likeness (QED) is 0.280. The van der Waals surface area contributed by atoms with Crippen molar-refractivity contribution in [2.45, 2.75) is 51.9 Å². The van der Waals surface area contributed by atoms with Crippen molar-refractivity contribution < 1.29 is 9.53 Å². The molecule has 2 heteroatoms. The Morgan fingerprint density at radius 1 is 0.950 bits per heavy atom. The van der Waals surface area contributed by atoms with E-state index in [1.54, 1.807) is 0 Å². The minimum absolute atomic E-state index is 0.0797. The molecule has 0 aromatic rings. The van der Waals surface area contributed by atoms with Gasteiger partial charge in [0.15, 0.2) is 0 Å². The highest BCUT2D eigenvalue weighted by Gasteiger charge is 1.99. The molecule has 0 amide bonds. The zero-order valence-corrected chi connectivity index (χ0v) is 12.7. The van der Waals surface area contributed by atoms with Crippen LogP contribution in [-0.4, -0.2) is 12.6 Å². The van der Waals surface area contributed by atoms with Crippen LogP contribution in [0.3, 0.4) is 0 Å². The van der Waals surface area contributed by atoms with Gasteiger partial charge in [-0.3, -0.25) is 4.79 Å². The molecule has 0 aliphatic rings. The molecular formula is C18H28O2. The van der Waals surface area contributed by atoms with E-state index in [9.17, 15) is 4.79 Å². The van der Waals surface area contributed by atoms with Crippen LogP contribution in [0, 0.1) is 0 Å². The van der Waals surface area contributed by atoms with Gasteiger partial charge >= 0.3 is 5.97 Å². The molecule has 0 aliphatic heterocycles. The minimum Gasteiger partial charge on any atom is -0.466 e. The van der Waals surface area contributed by atoms with Crippen molar-refractivity contribution in [3.8, 4) is 0 Å². The van der Waals surface area contributed by atoms with Gasteiger partial charge in [0.1, 0.15) is 0 Å². The Kier molecular flexibility index (Phi) is 14.3. The SMILES string of the molecule is C=CC/C=C/C/C=C/C/C=C/CCCCC(=O)OCC. The third kappa shape index (κ3) is 14.5. The summed E-state index contributed by atoms with van der Waals surface area (Å²) in [5.74, 6) is -0.0797. The number of hydrogen-bond acceptors (Lipinski definition) is 2.